The molecule has 1 saturated heterocycles. The van der Waals surface area contributed by atoms with Gasteiger partial charge in [0.15, 0.2) is 5.11 Å². The molecule has 0 saturated carbocycles. The van der Waals surface area contributed by atoms with Crippen LogP contribution < -0.4 is 10.1 Å². The van der Waals surface area contributed by atoms with E-state index in [0.717, 1.165) is 16.9 Å². The van der Waals surface area contributed by atoms with Gasteiger partial charge < -0.3 is 10.1 Å². The van der Waals surface area contributed by atoms with Gasteiger partial charge in [0.25, 0.3) is 5.91 Å². The quantitative estimate of drug-likeness (QED) is 0.636. The summed E-state index contributed by atoms with van der Waals surface area (Å²) in [6, 6.07) is 14.9. The largest absolute Gasteiger partial charge is 0.494 e. The molecule has 0 radical (unpaired) electrons. The van der Waals surface area contributed by atoms with Crippen LogP contribution in [0.25, 0.3) is 6.08 Å². The highest BCUT2D eigenvalue weighted by molar-refractivity contribution is 7.80. The van der Waals surface area contributed by atoms with Crippen LogP contribution in [0.3, 0.4) is 0 Å². The number of carbonyl (C=O) groups excluding carboxylic acids is 1. The first-order valence-electron chi connectivity index (χ1n) is 7.89. The summed E-state index contributed by atoms with van der Waals surface area (Å²) in [5.74, 6) is 0.630. The Hall–Kier alpha value is -2.37. The monoisotopic (exact) mass is 372 g/mol. The maximum atomic E-state index is 12.6. The zero-order valence-electron chi connectivity index (χ0n) is 13.7. The van der Waals surface area contributed by atoms with Gasteiger partial charge in [0.2, 0.25) is 0 Å². The molecule has 6 heteroatoms. The van der Waals surface area contributed by atoms with Gasteiger partial charge in [-0.25, -0.2) is 0 Å². The number of nitrogens with zero attached hydrogens (tertiary/aromatic N) is 1. The summed E-state index contributed by atoms with van der Waals surface area (Å²) in [6.45, 7) is 2.89. The maximum Gasteiger partial charge on any atom is 0.276 e. The van der Waals surface area contributed by atoms with E-state index < -0.39 is 0 Å². The molecule has 2 aromatic rings. The Bertz CT molecular complexity index is 834. The third-order valence-corrected chi connectivity index (χ3v) is 4.44. The molecule has 1 fully saturated rings. The number of thiocarbonyl (C=S) groups is 1. The van der Waals surface area contributed by atoms with Gasteiger partial charge in [-0.15, -0.1) is 0 Å². The Labute approximate surface area is 157 Å². The van der Waals surface area contributed by atoms with E-state index in [4.69, 9.17) is 28.6 Å². The lowest BCUT2D eigenvalue weighted by atomic mass is 10.1. The molecule has 0 aliphatic carbocycles. The lowest BCUT2D eigenvalue weighted by Gasteiger charge is -2.14. The Morgan fingerprint density at radius 3 is 2.60 bits per heavy atom. The lowest BCUT2D eigenvalue weighted by Crippen LogP contribution is -2.30. The van der Waals surface area contributed by atoms with Gasteiger partial charge >= 0.3 is 0 Å². The molecule has 0 bridgehead atoms. The third kappa shape index (κ3) is 4.00. The molecule has 0 unspecified atom stereocenters. The van der Waals surface area contributed by atoms with Gasteiger partial charge in [0, 0.05) is 5.02 Å². The predicted octanol–water partition coefficient (Wildman–Crippen LogP) is 4.00. The summed E-state index contributed by atoms with van der Waals surface area (Å²) in [5.41, 5.74) is 2.19. The number of nitrogens with one attached hydrogen (secondary N) is 1. The molecule has 1 amide bonds. The fourth-order valence-corrected chi connectivity index (χ4v) is 2.96. The fourth-order valence-electron chi connectivity index (χ4n) is 2.51. The van der Waals surface area contributed by atoms with Crippen molar-refractivity contribution in [3.05, 3.63) is 70.4 Å². The molecule has 2 aromatic carbocycles. The minimum Gasteiger partial charge on any atom is -0.494 e. The first kappa shape index (κ1) is 17.5. The van der Waals surface area contributed by atoms with Gasteiger partial charge in [-0.3, -0.25) is 9.69 Å². The Balaban J connectivity index is 1.77. The number of halogens is 1. The normalized spacial score (nSPS) is 15.6. The van der Waals surface area contributed by atoms with Crippen molar-refractivity contribution in [3.63, 3.8) is 0 Å². The van der Waals surface area contributed by atoms with Crippen molar-refractivity contribution in [2.45, 2.75) is 13.5 Å². The van der Waals surface area contributed by atoms with Crippen molar-refractivity contribution >= 4 is 40.9 Å². The first-order chi connectivity index (χ1) is 12.1. The van der Waals surface area contributed by atoms with Crippen LogP contribution in [-0.4, -0.2) is 22.5 Å². The number of hydrogen-bond donors (Lipinski definition) is 1. The van der Waals surface area contributed by atoms with Crippen molar-refractivity contribution in [1.29, 1.82) is 0 Å². The predicted molar refractivity (Wildman–Crippen MR) is 103 cm³/mol. The fraction of sp³-hybridized carbons (Fsp3) is 0.158. The molecular formula is C19H17ClN2O2S. The van der Waals surface area contributed by atoms with Gasteiger partial charge in [-0.1, -0.05) is 41.9 Å². The lowest BCUT2D eigenvalue weighted by molar-refractivity contribution is -0.122. The standard InChI is InChI=1S/C19H17ClN2O2S/c1-2-24-15-9-7-13(8-10-15)11-17-18(23)22(19(25)21-17)12-14-5-3-4-6-16(14)20/h3-11H,2,12H2,1H3,(H,21,25)/b17-11-. The summed E-state index contributed by atoms with van der Waals surface area (Å²) in [5, 5.41) is 3.97. The van der Waals surface area contributed by atoms with Crippen LogP contribution in [0, 0.1) is 0 Å². The van der Waals surface area contributed by atoms with Crippen LogP contribution in [0.2, 0.25) is 5.02 Å². The zero-order chi connectivity index (χ0) is 17.8. The van der Waals surface area contributed by atoms with Crippen LogP contribution in [0.1, 0.15) is 18.1 Å². The number of amides is 1. The molecule has 0 spiro atoms. The molecule has 4 nitrogen and oxygen atoms in total. The highest BCUT2D eigenvalue weighted by Crippen LogP contribution is 2.22. The molecule has 128 valence electrons. The van der Waals surface area contributed by atoms with E-state index in [2.05, 4.69) is 5.32 Å². The van der Waals surface area contributed by atoms with Crippen LogP contribution in [0.15, 0.2) is 54.2 Å². The van der Waals surface area contributed by atoms with Gasteiger partial charge in [0.05, 0.1) is 13.2 Å². The van der Waals surface area contributed by atoms with E-state index in [1.807, 2.05) is 49.4 Å². The van der Waals surface area contributed by atoms with E-state index in [-0.39, 0.29) is 5.91 Å². The smallest absolute Gasteiger partial charge is 0.276 e. The zero-order valence-corrected chi connectivity index (χ0v) is 15.2. The molecule has 0 aromatic heterocycles. The topological polar surface area (TPSA) is 41.6 Å². The summed E-state index contributed by atoms with van der Waals surface area (Å²) in [6.07, 6.45) is 1.77. The van der Waals surface area contributed by atoms with Gasteiger partial charge in [0.1, 0.15) is 11.4 Å². The van der Waals surface area contributed by atoms with Crippen LogP contribution in [0.4, 0.5) is 0 Å². The minimum absolute atomic E-state index is 0.168. The first-order valence-corrected chi connectivity index (χ1v) is 8.68. The van der Waals surface area contributed by atoms with Crippen molar-refractivity contribution in [1.82, 2.24) is 10.2 Å². The molecule has 1 aliphatic heterocycles. The second-order valence-corrected chi connectivity index (χ2v) is 6.27. The number of hydrogen-bond acceptors (Lipinski definition) is 3. The highest BCUT2D eigenvalue weighted by atomic mass is 35.5. The van der Waals surface area contributed by atoms with Crippen LogP contribution >= 0.6 is 23.8 Å². The molecule has 1 N–H and O–H groups in total. The third-order valence-electron chi connectivity index (χ3n) is 3.75. The number of rotatable bonds is 5. The minimum atomic E-state index is -0.168. The van der Waals surface area contributed by atoms with Crippen molar-refractivity contribution < 1.29 is 9.53 Å². The average Bonchev–Trinajstić information content (AvgIpc) is 2.86. The molecule has 0 atom stereocenters. The van der Waals surface area contributed by atoms with Gasteiger partial charge in [-0.05, 0) is 54.5 Å². The SMILES string of the molecule is CCOc1ccc(/C=C2\NC(=S)N(Cc3ccccc3Cl)C2=O)cc1. The van der Waals surface area contributed by atoms with E-state index in [1.54, 1.807) is 12.1 Å². The number of ether oxygens (including phenoxy) is 1. The number of benzene rings is 2. The van der Waals surface area contributed by atoms with E-state index in [9.17, 15) is 4.79 Å². The van der Waals surface area contributed by atoms with Crippen molar-refractivity contribution in [2.75, 3.05) is 6.61 Å². The van der Waals surface area contributed by atoms with Crippen LogP contribution in [0.5, 0.6) is 5.75 Å². The Morgan fingerprint density at radius 2 is 1.92 bits per heavy atom. The molecular weight excluding hydrogens is 356 g/mol. The van der Waals surface area contributed by atoms with Gasteiger partial charge in [-0.2, -0.15) is 0 Å². The number of carbonyl (C=O) groups is 1. The Morgan fingerprint density at radius 1 is 1.20 bits per heavy atom. The summed E-state index contributed by atoms with van der Waals surface area (Å²) < 4.78 is 5.42. The summed E-state index contributed by atoms with van der Waals surface area (Å²) >= 11 is 11.5. The molecule has 1 aliphatic rings. The second-order valence-electron chi connectivity index (χ2n) is 5.47. The Kier molecular flexibility index (Phi) is 5.36. The van der Waals surface area contributed by atoms with Crippen molar-refractivity contribution in [3.8, 4) is 5.75 Å². The van der Waals surface area contributed by atoms with Crippen molar-refractivity contribution in [2.24, 2.45) is 0 Å². The summed E-state index contributed by atoms with van der Waals surface area (Å²) in [4.78, 5) is 14.2. The highest BCUT2D eigenvalue weighted by Gasteiger charge is 2.30. The van der Waals surface area contributed by atoms with E-state index >= 15 is 0 Å². The summed E-state index contributed by atoms with van der Waals surface area (Å²) in [7, 11) is 0. The average molecular weight is 373 g/mol. The van der Waals surface area contributed by atoms with Crippen LogP contribution in [-0.2, 0) is 11.3 Å². The molecule has 1 heterocycles. The maximum absolute atomic E-state index is 12.6. The molecule has 3 rings (SSSR count). The second kappa shape index (κ2) is 7.68. The molecule has 25 heavy (non-hydrogen) atoms. The van der Waals surface area contributed by atoms with E-state index in [1.165, 1.54) is 4.90 Å². The van der Waals surface area contributed by atoms with E-state index in [0.29, 0.717) is 29.0 Å².